The molecule has 0 unspecified atom stereocenters. The molecule has 0 radical (unpaired) electrons. The Kier molecular flexibility index (Phi) is 5.64. The number of aromatic carboxylic acids is 1. The number of carbonyl (C=O) groups excluding carboxylic acids is 1. The fourth-order valence-corrected chi connectivity index (χ4v) is 3.48. The van der Waals surface area contributed by atoms with Gasteiger partial charge in [0.2, 0.25) is 5.91 Å². The molecule has 1 N–H and O–H groups in total. The van der Waals surface area contributed by atoms with Gasteiger partial charge in [-0.25, -0.2) is 18.2 Å². The number of nitrogens with zero attached hydrogens (tertiary/aromatic N) is 2. The summed E-state index contributed by atoms with van der Waals surface area (Å²) < 4.78 is 28.8. The molecule has 0 bridgehead atoms. The Bertz CT molecular complexity index is 1000. The zero-order valence-corrected chi connectivity index (χ0v) is 16.1. The first-order valence-corrected chi connectivity index (χ1v) is 10.6. The van der Waals surface area contributed by atoms with Crippen molar-refractivity contribution in [1.82, 2.24) is 9.88 Å². The van der Waals surface area contributed by atoms with Gasteiger partial charge in [-0.3, -0.25) is 4.79 Å². The molecule has 0 atom stereocenters. The lowest BCUT2D eigenvalue weighted by molar-refractivity contribution is -0.133. The number of benzene rings is 1. The monoisotopic (exact) mass is 404 g/mol. The highest BCUT2D eigenvalue weighted by Crippen LogP contribution is 2.29. The maximum atomic E-state index is 12.1. The quantitative estimate of drug-likeness (QED) is 0.787. The van der Waals surface area contributed by atoms with Crippen LogP contribution in [-0.2, 0) is 21.2 Å². The second-order valence-corrected chi connectivity index (χ2v) is 8.57. The zero-order valence-electron chi connectivity index (χ0n) is 15.3. The highest BCUT2D eigenvalue weighted by atomic mass is 32.2. The van der Waals surface area contributed by atoms with Crippen molar-refractivity contribution in [3.05, 3.63) is 47.7 Å². The standard InChI is InChI=1S/C19H20N2O6S/c1-28(25,26)17-8-7-15(11-20-17)27-16-10-13(19(23)24)5-6-14(16)12-21-9-3-2-4-18(21)22/h5-8,10-11H,2-4,9,12H2,1H3,(H,23,24). The van der Waals surface area contributed by atoms with Gasteiger partial charge < -0.3 is 14.7 Å². The van der Waals surface area contributed by atoms with E-state index in [2.05, 4.69) is 4.98 Å². The van der Waals surface area contributed by atoms with Gasteiger partial charge in [-0.1, -0.05) is 6.07 Å². The Morgan fingerprint density at radius 3 is 2.64 bits per heavy atom. The van der Waals surface area contributed by atoms with Gasteiger partial charge in [0.1, 0.15) is 11.5 Å². The first-order chi connectivity index (χ1) is 13.2. The highest BCUT2D eigenvalue weighted by molar-refractivity contribution is 7.90. The van der Waals surface area contributed by atoms with Crippen molar-refractivity contribution < 1.29 is 27.9 Å². The largest absolute Gasteiger partial charge is 0.478 e. The highest BCUT2D eigenvalue weighted by Gasteiger charge is 2.20. The molecule has 148 valence electrons. The van der Waals surface area contributed by atoms with Crippen LogP contribution in [-0.4, -0.2) is 48.1 Å². The molecule has 1 fully saturated rings. The van der Waals surface area contributed by atoms with E-state index in [-0.39, 0.29) is 28.0 Å². The van der Waals surface area contributed by atoms with Crippen molar-refractivity contribution in [2.45, 2.75) is 30.8 Å². The summed E-state index contributed by atoms with van der Waals surface area (Å²) in [7, 11) is -3.43. The summed E-state index contributed by atoms with van der Waals surface area (Å²) in [6, 6.07) is 7.24. The summed E-state index contributed by atoms with van der Waals surface area (Å²) in [5.74, 6) is -0.497. The molecule has 1 aliphatic heterocycles. The number of carboxylic acids is 1. The van der Waals surface area contributed by atoms with Crippen LogP contribution in [0.15, 0.2) is 41.6 Å². The lowest BCUT2D eigenvalue weighted by atomic mass is 10.1. The van der Waals surface area contributed by atoms with Crippen LogP contribution in [0.25, 0.3) is 0 Å². The number of likely N-dealkylation sites (tertiary alicyclic amines) is 1. The van der Waals surface area contributed by atoms with Crippen molar-refractivity contribution in [3.8, 4) is 11.5 Å². The number of pyridine rings is 1. The minimum Gasteiger partial charge on any atom is -0.478 e. The van der Waals surface area contributed by atoms with Gasteiger partial charge in [-0.2, -0.15) is 0 Å². The SMILES string of the molecule is CS(=O)(=O)c1ccc(Oc2cc(C(=O)O)ccc2CN2CCCCC2=O)cn1. The molecule has 2 heterocycles. The van der Waals surface area contributed by atoms with Gasteiger partial charge in [0.25, 0.3) is 0 Å². The average molecular weight is 404 g/mol. The van der Waals surface area contributed by atoms with Gasteiger partial charge in [0.05, 0.1) is 11.8 Å². The molecule has 1 aromatic heterocycles. The molecular formula is C19H20N2O6S. The summed E-state index contributed by atoms with van der Waals surface area (Å²) in [4.78, 5) is 29.0. The Morgan fingerprint density at radius 2 is 2.04 bits per heavy atom. The molecule has 3 rings (SSSR count). The number of aromatic nitrogens is 1. The van der Waals surface area contributed by atoms with Crippen LogP contribution >= 0.6 is 0 Å². The van der Waals surface area contributed by atoms with E-state index in [1.807, 2.05) is 0 Å². The maximum absolute atomic E-state index is 12.1. The molecule has 8 nitrogen and oxygen atoms in total. The average Bonchev–Trinajstić information content (AvgIpc) is 2.64. The number of amides is 1. The number of carboxylic acid groups (broad SMARTS) is 1. The number of carbonyl (C=O) groups is 2. The van der Waals surface area contributed by atoms with Gasteiger partial charge in [-0.05, 0) is 37.1 Å². The van der Waals surface area contributed by atoms with Crippen LogP contribution in [0, 0.1) is 0 Å². The van der Waals surface area contributed by atoms with E-state index in [1.165, 1.54) is 30.5 Å². The molecule has 1 amide bonds. The third-order valence-corrected chi connectivity index (χ3v) is 5.41. The van der Waals surface area contributed by atoms with Crippen LogP contribution in [0.5, 0.6) is 11.5 Å². The van der Waals surface area contributed by atoms with E-state index in [0.29, 0.717) is 25.1 Å². The fourth-order valence-electron chi connectivity index (χ4n) is 2.92. The van der Waals surface area contributed by atoms with Crippen molar-refractivity contribution >= 4 is 21.7 Å². The normalized spacial score (nSPS) is 14.8. The van der Waals surface area contributed by atoms with E-state index < -0.39 is 15.8 Å². The Balaban J connectivity index is 1.89. The second kappa shape index (κ2) is 7.97. The predicted molar refractivity (Wildman–Crippen MR) is 100 cm³/mol. The smallest absolute Gasteiger partial charge is 0.335 e. The molecule has 1 aliphatic rings. The van der Waals surface area contributed by atoms with Crippen molar-refractivity contribution in [1.29, 1.82) is 0 Å². The third-order valence-electron chi connectivity index (χ3n) is 4.41. The Labute approximate surface area is 162 Å². The molecular weight excluding hydrogens is 384 g/mol. The minimum atomic E-state index is -3.43. The summed E-state index contributed by atoms with van der Waals surface area (Å²) in [5, 5.41) is 9.17. The number of piperidine rings is 1. The van der Waals surface area contributed by atoms with Crippen molar-refractivity contribution in [2.24, 2.45) is 0 Å². The van der Waals surface area contributed by atoms with Crippen molar-refractivity contribution in [2.75, 3.05) is 12.8 Å². The molecule has 0 spiro atoms. The molecule has 1 aromatic carbocycles. The van der Waals surface area contributed by atoms with E-state index in [9.17, 15) is 23.1 Å². The zero-order chi connectivity index (χ0) is 20.3. The van der Waals surface area contributed by atoms with Crippen LogP contribution in [0.4, 0.5) is 0 Å². The lowest BCUT2D eigenvalue weighted by Crippen LogP contribution is -2.34. The van der Waals surface area contributed by atoms with Gasteiger partial charge in [0.15, 0.2) is 14.9 Å². The summed E-state index contributed by atoms with van der Waals surface area (Å²) in [6.07, 6.45) is 4.61. The molecule has 9 heteroatoms. The number of hydrogen-bond donors (Lipinski definition) is 1. The molecule has 0 saturated carbocycles. The summed E-state index contributed by atoms with van der Waals surface area (Å²) >= 11 is 0. The van der Waals surface area contributed by atoms with E-state index in [1.54, 1.807) is 11.0 Å². The van der Waals surface area contributed by atoms with Gasteiger partial charge >= 0.3 is 5.97 Å². The lowest BCUT2D eigenvalue weighted by Gasteiger charge is -2.27. The van der Waals surface area contributed by atoms with Crippen molar-refractivity contribution in [3.63, 3.8) is 0 Å². The van der Waals surface area contributed by atoms with E-state index in [4.69, 9.17) is 4.74 Å². The molecule has 28 heavy (non-hydrogen) atoms. The Morgan fingerprint density at radius 1 is 1.25 bits per heavy atom. The maximum Gasteiger partial charge on any atom is 0.335 e. The van der Waals surface area contributed by atoms with Gasteiger partial charge in [0, 0.05) is 31.3 Å². The fraction of sp³-hybridized carbons (Fsp3) is 0.316. The van der Waals surface area contributed by atoms with Gasteiger partial charge in [-0.15, -0.1) is 0 Å². The van der Waals surface area contributed by atoms with Crippen LogP contribution in [0.1, 0.15) is 35.2 Å². The van der Waals surface area contributed by atoms with E-state index in [0.717, 1.165) is 19.1 Å². The number of hydrogen-bond acceptors (Lipinski definition) is 6. The van der Waals surface area contributed by atoms with E-state index >= 15 is 0 Å². The summed E-state index contributed by atoms with van der Waals surface area (Å²) in [5.41, 5.74) is 0.705. The predicted octanol–water partition coefficient (Wildman–Crippen LogP) is 2.49. The molecule has 1 saturated heterocycles. The Hall–Kier alpha value is -2.94. The number of sulfone groups is 1. The topological polar surface area (TPSA) is 114 Å². The second-order valence-electron chi connectivity index (χ2n) is 6.61. The molecule has 0 aliphatic carbocycles. The summed E-state index contributed by atoms with van der Waals surface area (Å²) in [6.45, 7) is 0.951. The first-order valence-electron chi connectivity index (χ1n) is 8.72. The van der Waals surface area contributed by atoms with Crippen LogP contribution in [0.3, 0.4) is 0 Å². The third kappa shape index (κ3) is 4.66. The number of rotatable bonds is 6. The minimum absolute atomic E-state index is 0.0458. The van der Waals surface area contributed by atoms with Crippen LogP contribution in [0.2, 0.25) is 0 Å². The van der Waals surface area contributed by atoms with Crippen LogP contribution < -0.4 is 4.74 Å². The number of ether oxygens (including phenoxy) is 1. The molecule has 2 aromatic rings. The first kappa shape index (κ1) is 19.8.